The Balaban J connectivity index is 1.51. The van der Waals surface area contributed by atoms with Gasteiger partial charge in [0.25, 0.3) is 0 Å². The first-order chi connectivity index (χ1) is 11.7. The zero-order valence-electron chi connectivity index (χ0n) is 13.1. The van der Waals surface area contributed by atoms with Crippen molar-refractivity contribution in [1.82, 2.24) is 0 Å². The summed E-state index contributed by atoms with van der Waals surface area (Å²) in [5.41, 5.74) is 2.15. The minimum Gasteiger partial charge on any atom is -0.292 e. The number of halogens is 2. The standard InChI is InChI=1S/C18H18Cl2N2S2/c19-17-5-1-15(2-6-17)13-21-9-11-23-24-12-10-22-14-16-3-7-18(20)8-4-16/h1-8,13-14H,9-12H2. The molecule has 0 N–H and O–H groups in total. The van der Waals surface area contributed by atoms with E-state index in [-0.39, 0.29) is 0 Å². The zero-order chi connectivity index (χ0) is 17.0. The van der Waals surface area contributed by atoms with Crippen LogP contribution in [0.2, 0.25) is 10.0 Å². The maximum atomic E-state index is 5.84. The predicted octanol–water partition coefficient (Wildman–Crippen LogP) is 5.91. The third-order valence-corrected chi connectivity index (χ3v) is 5.78. The van der Waals surface area contributed by atoms with Gasteiger partial charge in [0.2, 0.25) is 0 Å². The van der Waals surface area contributed by atoms with Gasteiger partial charge in [0.05, 0.1) is 0 Å². The molecular weight excluding hydrogens is 379 g/mol. The summed E-state index contributed by atoms with van der Waals surface area (Å²) in [5.74, 6) is 1.99. The van der Waals surface area contributed by atoms with Crippen molar-refractivity contribution in [3.63, 3.8) is 0 Å². The number of hydrogen-bond donors (Lipinski definition) is 0. The quantitative estimate of drug-likeness (QED) is 0.298. The molecule has 0 bridgehead atoms. The van der Waals surface area contributed by atoms with Gasteiger partial charge in [-0.2, -0.15) is 0 Å². The molecule has 0 atom stereocenters. The van der Waals surface area contributed by atoms with Gasteiger partial charge in [-0.3, -0.25) is 9.98 Å². The molecule has 0 amide bonds. The highest BCUT2D eigenvalue weighted by molar-refractivity contribution is 8.76. The summed E-state index contributed by atoms with van der Waals surface area (Å²) in [6.07, 6.45) is 3.77. The fourth-order valence-corrected chi connectivity index (χ4v) is 3.74. The van der Waals surface area contributed by atoms with Gasteiger partial charge < -0.3 is 0 Å². The van der Waals surface area contributed by atoms with Gasteiger partial charge in [-0.25, -0.2) is 0 Å². The summed E-state index contributed by atoms with van der Waals surface area (Å²) in [6.45, 7) is 1.63. The molecule has 0 aliphatic heterocycles. The predicted molar refractivity (Wildman–Crippen MR) is 113 cm³/mol. The largest absolute Gasteiger partial charge is 0.292 e. The Morgan fingerprint density at radius 3 is 1.42 bits per heavy atom. The van der Waals surface area contributed by atoms with Gasteiger partial charge >= 0.3 is 0 Å². The van der Waals surface area contributed by atoms with Crippen molar-refractivity contribution in [2.75, 3.05) is 24.6 Å². The summed E-state index contributed by atoms with van der Waals surface area (Å²) in [4.78, 5) is 8.82. The topological polar surface area (TPSA) is 24.7 Å². The molecule has 24 heavy (non-hydrogen) atoms. The molecule has 0 aliphatic carbocycles. The molecule has 2 aromatic rings. The van der Waals surface area contributed by atoms with Crippen LogP contribution in [-0.2, 0) is 0 Å². The normalized spacial score (nSPS) is 11.6. The van der Waals surface area contributed by atoms with Crippen LogP contribution in [0.25, 0.3) is 0 Å². The third kappa shape index (κ3) is 8.25. The third-order valence-electron chi connectivity index (χ3n) is 2.91. The Kier molecular flexibility index (Phi) is 9.36. The second-order valence-corrected chi connectivity index (χ2v) is 8.39. The Labute approximate surface area is 161 Å². The Hall–Kier alpha value is -0.940. The van der Waals surface area contributed by atoms with Crippen LogP contribution in [0.5, 0.6) is 0 Å². The molecule has 0 aliphatic rings. The molecule has 2 rings (SSSR count). The van der Waals surface area contributed by atoms with E-state index in [1.807, 2.05) is 82.5 Å². The molecule has 0 spiro atoms. The summed E-state index contributed by atoms with van der Waals surface area (Å²) in [6, 6.07) is 15.4. The van der Waals surface area contributed by atoms with Crippen LogP contribution in [0.1, 0.15) is 11.1 Å². The monoisotopic (exact) mass is 396 g/mol. The average molecular weight is 397 g/mol. The highest BCUT2D eigenvalue weighted by Crippen LogP contribution is 2.20. The lowest BCUT2D eigenvalue weighted by molar-refractivity contribution is 1.15. The van der Waals surface area contributed by atoms with Gasteiger partial charge in [-0.05, 0) is 35.4 Å². The van der Waals surface area contributed by atoms with E-state index >= 15 is 0 Å². The first kappa shape index (κ1) is 19.4. The van der Waals surface area contributed by atoms with Crippen molar-refractivity contribution in [2.45, 2.75) is 0 Å². The molecule has 2 nitrogen and oxygen atoms in total. The van der Waals surface area contributed by atoms with E-state index in [1.54, 1.807) is 0 Å². The van der Waals surface area contributed by atoms with E-state index in [4.69, 9.17) is 23.2 Å². The lowest BCUT2D eigenvalue weighted by atomic mass is 10.2. The molecule has 126 valence electrons. The zero-order valence-corrected chi connectivity index (χ0v) is 16.2. The number of nitrogens with zero attached hydrogens (tertiary/aromatic N) is 2. The lowest BCUT2D eigenvalue weighted by Gasteiger charge is -1.98. The second kappa shape index (κ2) is 11.6. The van der Waals surface area contributed by atoms with Crippen LogP contribution in [0.15, 0.2) is 58.5 Å². The van der Waals surface area contributed by atoms with Gasteiger partial charge in [-0.1, -0.05) is 69.1 Å². The van der Waals surface area contributed by atoms with Crippen molar-refractivity contribution < 1.29 is 0 Å². The van der Waals surface area contributed by atoms with Gasteiger partial charge in [0, 0.05) is 47.1 Å². The molecule has 6 heteroatoms. The van der Waals surface area contributed by atoms with Gasteiger partial charge in [-0.15, -0.1) is 0 Å². The SMILES string of the molecule is Clc1ccc(C=NCCSSCCN=Cc2ccc(Cl)cc2)cc1. The second-order valence-electron chi connectivity index (χ2n) is 4.82. The molecular formula is C18H18Cl2N2S2. The molecule has 0 heterocycles. The van der Waals surface area contributed by atoms with E-state index in [1.165, 1.54) is 0 Å². The number of rotatable bonds is 9. The van der Waals surface area contributed by atoms with Crippen molar-refractivity contribution >= 4 is 57.2 Å². The van der Waals surface area contributed by atoms with Crippen LogP contribution in [0.3, 0.4) is 0 Å². The number of hydrogen-bond acceptors (Lipinski definition) is 4. The van der Waals surface area contributed by atoms with E-state index in [9.17, 15) is 0 Å². The molecule has 2 aromatic carbocycles. The maximum Gasteiger partial charge on any atom is 0.0488 e. The number of benzene rings is 2. The smallest absolute Gasteiger partial charge is 0.0488 e. The van der Waals surface area contributed by atoms with Crippen LogP contribution in [-0.4, -0.2) is 37.0 Å². The Bertz CT molecular complexity index is 596. The van der Waals surface area contributed by atoms with Crippen LogP contribution < -0.4 is 0 Å². The van der Waals surface area contributed by atoms with Crippen molar-refractivity contribution in [3.05, 3.63) is 69.7 Å². The maximum absolute atomic E-state index is 5.84. The molecule has 0 saturated heterocycles. The average Bonchev–Trinajstić information content (AvgIpc) is 2.60. The van der Waals surface area contributed by atoms with E-state index < -0.39 is 0 Å². The van der Waals surface area contributed by atoms with Gasteiger partial charge in [0.15, 0.2) is 0 Å². The fourth-order valence-electron chi connectivity index (χ4n) is 1.74. The summed E-state index contributed by atoms with van der Waals surface area (Å²) in [7, 11) is 3.66. The van der Waals surface area contributed by atoms with E-state index in [2.05, 4.69) is 9.98 Å². The minimum atomic E-state index is 0.748. The van der Waals surface area contributed by atoms with E-state index in [0.717, 1.165) is 45.8 Å². The molecule has 0 saturated carbocycles. The summed E-state index contributed by atoms with van der Waals surface area (Å²) in [5, 5.41) is 1.50. The Morgan fingerprint density at radius 2 is 1.04 bits per heavy atom. The summed E-state index contributed by atoms with van der Waals surface area (Å²) < 4.78 is 0. The molecule has 0 radical (unpaired) electrons. The van der Waals surface area contributed by atoms with Gasteiger partial charge in [0.1, 0.15) is 0 Å². The highest BCUT2D eigenvalue weighted by Gasteiger charge is 1.92. The first-order valence-electron chi connectivity index (χ1n) is 7.49. The molecule has 0 unspecified atom stereocenters. The van der Waals surface area contributed by atoms with E-state index in [0.29, 0.717) is 0 Å². The molecule has 0 fully saturated rings. The van der Waals surface area contributed by atoms with Crippen LogP contribution >= 0.6 is 44.8 Å². The summed E-state index contributed by atoms with van der Waals surface area (Å²) >= 11 is 11.7. The van der Waals surface area contributed by atoms with Crippen molar-refractivity contribution in [1.29, 1.82) is 0 Å². The van der Waals surface area contributed by atoms with Crippen molar-refractivity contribution in [3.8, 4) is 0 Å². The minimum absolute atomic E-state index is 0.748. The van der Waals surface area contributed by atoms with Crippen molar-refractivity contribution in [2.24, 2.45) is 9.98 Å². The lowest BCUT2D eigenvalue weighted by Crippen LogP contribution is -1.89. The number of aliphatic imine (C=N–C) groups is 2. The fraction of sp³-hybridized carbons (Fsp3) is 0.222. The van der Waals surface area contributed by atoms with Crippen LogP contribution in [0.4, 0.5) is 0 Å². The first-order valence-corrected chi connectivity index (χ1v) is 10.7. The van der Waals surface area contributed by atoms with Crippen LogP contribution in [0, 0.1) is 0 Å². The Morgan fingerprint density at radius 1 is 0.667 bits per heavy atom. The highest BCUT2D eigenvalue weighted by atomic mass is 35.5. The molecule has 0 aromatic heterocycles.